The van der Waals surface area contributed by atoms with E-state index in [1.54, 1.807) is 42.6 Å². The number of benzene rings is 2. The molecule has 0 unspecified atom stereocenters. The molecule has 0 fully saturated rings. The predicted octanol–water partition coefficient (Wildman–Crippen LogP) is 3.06. The molecule has 0 bridgehead atoms. The molecule has 132 valence electrons. The van der Waals surface area contributed by atoms with E-state index in [2.05, 4.69) is 5.32 Å². The Balaban J connectivity index is 2.06. The maximum Gasteiger partial charge on any atom is 0.339 e. The highest BCUT2D eigenvalue weighted by molar-refractivity contribution is 6.08. The van der Waals surface area contributed by atoms with Crippen molar-refractivity contribution in [3.8, 4) is 0 Å². The standard InChI is InChI=1S/C20H18N2O4/c1-3-22-12-15(18(23)14-9-5-7-11-17(14)22)19(24)21-16-10-6-4-8-13(16)20(25)26-2/h4-12H,3H2,1-2H3,(H,21,24). The van der Waals surface area contributed by atoms with Crippen LogP contribution in [0.4, 0.5) is 5.69 Å². The summed E-state index contributed by atoms with van der Waals surface area (Å²) in [4.78, 5) is 37.3. The van der Waals surface area contributed by atoms with Gasteiger partial charge in [-0.1, -0.05) is 24.3 Å². The Labute approximate surface area is 150 Å². The van der Waals surface area contributed by atoms with E-state index >= 15 is 0 Å². The maximum absolute atomic E-state index is 12.7. The zero-order valence-corrected chi connectivity index (χ0v) is 14.5. The lowest BCUT2D eigenvalue weighted by Crippen LogP contribution is -2.24. The number of rotatable bonds is 4. The maximum atomic E-state index is 12.7. The molecule has 1 aromatic heterocycles. The van der Waals surface area contributed by atoms with Gasteiger partial charge >= 0.3 is 5.97 Å². The molecule has 3 aromatic rings. The summed E-state index contributed by atoms with van der Waals surface area (Å²) >= 11 is 0. The van der Waals surface area contributed by atoms with Gasteiger partial charge < -0.3 is 14.6 Å². The van der Waals surface area contributed by atoms with Crippen molar-refractivity contribution in [1.82, 2.24) is 4.57 Å². The van der Waals surface area contributed by atoms with Gasteiger partial charge in [0.1, 0.15) is 5.56 Å². The molecule has 0 radical (unpaired) electrons. The molecular weight excluding hydrogens is 332 g/mol. The van der Waals surface area contributed by atoms with Crippen LogP contribution in [0.5, 0.6) is 0 Å². The first-order valence-corrected chi connectivity index (χ1v) is 8.17. The van der Waals surface area contributed by atoms with Crippen LogP contribution in [0.25, 0.3) is 10.9 Å². The quantitative estimate of drug-likeness (QED) is 0.734. The topological polar surface area (TPSA) is 77.4 Å². The van der Waals surface area contributed by atoms with Crippen molar-refractivity contribution in [2.75, 3.05) is 12.4 Å². The zero-order chi connectivity index (χ0) is 18.7. The molecule has 6 nitrogen and oxygen atoms in total. The number of fused-ring (bicyclic) bond motifs is 1. The molecule has 3 rings (SSSR count). The van der Waals surface area contributed by atoms with Crippen molar-refractivity contribution in [2.45, 2.75) is 13.5 Å². The number of para-hydroxylation sites is 2. The number of amides is 1. The molecule has 0 saturated carbocycles. The normalized spacial score (nSPS) is 10.5. The molecule has 0 aliphatic heterocycles. The van der Waals surface area contributed by atoms with E-state index in [1.165, 1.54) is 7.11 Å². The number of aromatic nitrogens is 1. The largest absolute Gasteiger partial charge is 0.465 e. The lowest BCUT2D eigenvalue weighted by Gasteiger charge is -2.13. The van der Waals surface area contributed by atoms with E-state index in [4.69, 9.17) is 4.74 Å². The summed E-state index contributed by atoms with van der Waals surface area (Å²) in [5.41, 5.74) is 0.954. The number of nitrogens with one attached hydrogen (secondary N) is 1. The zero-order valence-electron chi connectivity index (χ0n) is 14.5. The molecule has 0 atom stereocenters. The first kappa shape index (κ1) is 17.4. The second-order valence-electron chi connectivity index (χ2n) is 5.67. The molecule has 1 N–H and O–H groups in total. The van der Waals surface area contributed by atoms with Gasteiger partial charge in [-0.3, -0.25) is 9.59 Å². The third-order valence-electron chi connectivity index (χ3n) is 4.15. The van der Waals surface area contributed by atoms with E-state index in [0.717, 1.165) is 5.52 Å². The minimum Gasteiger partial charge on any atom is -0.465 e. The minimum atomic E-state index is -0.570. The van der Waals surface area contributed by atoms with E-state index in [9.17, 15) is 14.4 Å². The fourth-order valence-corrected chi connectivity index (χ4v) is 2.84. The van der Waals surface area contributed by atoms with Crippen molar-refractivity contribution in [2.24, 2.45) is 0 Å². The Morgan fingerprint density at radius 2 is 1.73 bits per heavy atom. The summed E-state index contributed by atoms with van der Waals surface area (Å²) in [6.45, 7) is 2.55. The average Bonchev–Trinajstić information content (AvgIpc) is 2.68. The third kappa shape index (κ3) is 3.09. The number of hydrogen-bond acceptors (Lipinski definition) is 4. The first-order chi connectivity index (χ1) is 12.6. The van der Waals surface area contributed by atoms with Crippen LogP contribution < -0.4 is 10.7 Å². The average molecular weight is 350 g/mol. The summed E-state index contributed by atoms with van der Waals surface area (Å²) in [6.07, 6.45) is 1.54. The highest BCUT2D eigenvalue weighted by atomic mass is 16.5. The van der Waals surface area contributed by atoms with E-state index in [1.807, 2.05) is 23.6 Å². The highest BCUT2D eigenvalue weighted by Crippen LogP contribution is 2.18. The van der Waals surface area contributed by atoms with Crippen molar-refractivity contribution in [1.29, 1.82) is 0 Å². The Kier molecular flexibility index (Phi) is 4.84. The van der Waals surface area contributed by atoms with Crippen LogP contribution in [0.2, 0.25) is 0 Å². The fourth-order valence-electron chi connectivity index (χ4n) is 2.84. The molecule has 0 aliphatic carbocycles. The molecule has 0 saturated heterocycles. The number of carbonyl (C=O) groups excluding carboxylic acids is 2. The van der Waals surface area contributed by atoms with Crippen LogP contribution in [-0.4, -0.2) is 23.6 Å². The van der Waals surface area contributed by atoms with Crippen LogP contribution >= 0.6 is 0 Å². The lowest BCUT2D eigenvalue weighted by atomic mass is 10.1. The summed E-state index contributed by atoms with van der Waals surface area (Å²) in [6, 6.07) is 13.6. The monoisotopic (exact) mass is 350 g/mol. The summed E-state index contributed by atoms with van der Waals surface area (Å²) < 4.78 is 6.57. The third-order valence-corrected chi connectivity index (χ3v) is 4.15. The fraction of sp³-hybridized carbons (Fsp3) is 0.150. The van der Waals surface area contributed by atoms with Gasteiger partial charge in [0, 0.05) is 18.1 Å². The summed E-state index contributed by atoms with van der Waals surface area (Å²) in [5.74, 6) is -1.13. The second kappa shape index (κ2) is 7.23. The molecule has 0 aliphatic rings. The predicted molar refractivity (Wildman–Crippen MR) is 99.6 cm³/mol. The van der Waals surface area contributed by atoms with Crippen LogP contribution in [0.15, 0.2) is 59.5 Å². The van der Waals surface area contributed by atoms with Crippen molar-refractivity contribution < 1.29 is 14.3 Å². The van der Waals surface area contributed by atoms with Gasteiger partial charge in [-0.05, 0) is 31.2 Å². The minimum absolute atomic E-state index is 0.0187. The summed E-state index contributed by atoms with van der Waals surface area (Å²) in [5, 5.41) is 3.12. The lowest BCUT2D eigenvalue weighted by molar-refractivity contribution is 0.0602. The Bertz CT molecular complexity index is 1050. The molecule has 2 aromatic carbocycles. The van der Waals surface area contributed by atoms with Crippen molar-refractivity contribution in [3.63, 3.8) is 0 Å². The van der Waals surface area contributed by atoms with Gasteiger partial charge in [-0.15, -0.1) is 0 Å². The van der Waals surface area contributed by atoms with E-state index in [-0.39, 0.29) is 16.6 Å². The molecule has 1 amide bonds. The second-order valence-corrected chi connectivity index (χ2v) is 5.67. The molecule has 6 heteroatoms. The van der Waals surface area contributed by atoms with E-state index < -0.39 is 11.9 Å². The number of hydrogen-bond donors (Lipinski definition) is 1. The SMILES string of the molecule is CCn1cc(C(=O)Nc2ccccc2C(=O)OC)c(=O)c2ccccc21. The van der Waals surface area contributed by atoms with Gasteiger partial charge in [0.05, 0.1) is 23.9 Å². The Morgan fingerprint density at radius 3 is 2.46 bits per heavy atom. The number of nitrogens with zero attached hydrogens (tertiary/aromatic N) is 1. The first-order valence-electron chi connectivity index (χ1n) is 8.17. The number of aryl methyl sites for hydroxylation is 1. The number of methoxy groups -OCH3 is 1. The number of anilines is 1. The molecule has 0 spiro atoms. The van der Waals surface area contributed by atoms with Crippen LogP contribution in [-0.2, 0) is 11.3 Å². The molecular formula is C20H18N2O4. The van der Waals surface area contributed by atoms with Crippen LogP contribution in [0.3, 0.4) is 0 Å². The van der Waals surface area contributed by atoms with Crippen molar-refractivity contribution >= 4 is 28.5 Å². The number of esters is 1. The van der Waals surface area contributed by atoms with Crippen LogP contribution in [0, 0.1) is 0 Å². The highest BCUT2D eigenvalue weighted by Gasteiger charge is 2.18. The summed E-state index contributed by atoms with van der Waals surface area (Å²) in [7, 11) is 1.27. The number of pyridine rings is 1. The van der Waals surface area contributed by atoms with Gasteiger partial charge in [0.15, 0.2) is 0 Å². The Morgan fingerprint density at radius 1 is 1.04 bits per heavy atom. The smallest absolute Gasteiger partial charge is 0.339 e. The van der Waals surface area contributed by atoms with Gasteiger partial charge in [-0.25, -0.2) is 4.79 Å². The van der Waals surface area contributed by atoms with Gasteiger partial charge in [-0.2, -0.15) is 0 Å². The van der Waals surface area contributed by atoms with Crippen molar-refractivity contribution in [3.05, 3.63) is 76.1 Å². The van der Waals surface area contributed by atoms with E-state index in [0.29, 0.717) is 17.6 Å². The Hall–Kier alpha value is -3.41. The van der Waals surface area contributed by atoms with Crippen LogP contribution in [0.1, 0.15) is 27.6 Å². The van der Waals surface area contributed by atoms with Gasteiger partial charge in [0.25, 0.3) is 5.91 Å². The van der Waals surface area contributed by atoms with Gasteiger partial charge in [0.2, 0.25) is 5.43 Å². The molecule has 1 heterocycles. The number of ether oxygens (including phenoxy) is 1. The molecule has 26 heavy (non-hydrogen) atoms. The number of carbonyl (C=O) groups is 2.